The molecule has 768 valence electrons. The van der Waals surface area contributed by atoms with Crippen molar-refractivity contribution in [1.29, 1.82) is 0 Å². The number of hydrogen-bond acceptors (Lipinski definition) is 30. The number of nitrogens with zero attached hydrogens (tertiary/aromatic N) is 8. The number of aromatic nitrogens is 4. The number of ether oxygens (including phenoxy) is 11. The highest BCUT2D eigenvalue weighted by Gasteiger charge is 2.38. The van der Waals surface area contributed by atoms with Gasteiger partial charge in [-0.3, -0.25) is 24.0 Å². The van der Waals surface area contributed by atoms with Crippen LogP contribution in [0.3, 0.4) is 0 Å². The van der Waals surface area contributed by atoms with E-state index in [0.29, 0.717) is 247 Å². The van der Waals surface area contributed by atoms with Crippen molar-refractivity contribution in [3.05, 3.63) is 189 Å². The Morgan fingerprint density at radius 1 is 0.411 bits per heavy atom. The van der Waals surface area contributed by atoms with Crippen molar-refractivity contribution in [2.24, 2.45) is 48.5 Å². The summed E-state index contributed by atoms with van der Waals surface area (Å²) in [4.78, 5) is 97.0. The van der Waals surface area contributed by atoms with E-state index in [1.165, 1.54) is 36.4 Å². The van der Waals surface area contributed by atoms with Gasteiger partial charge in [-0.15, -0.1) is 10.2 Å². The molecule has 2 aliphatic rings. The topological polar surface area (TPSA) is 522 Å². The average molecular weight is 1960 g/mol. The number of unbranched alkanes of at least 4 members (excludes halogenated alkanes) is 3. The van der Waals surface area contributed by atoms with E-state index < -0.39 is 41.2 Å². The van der Waals surface area contributed by atoms with Crippen molar-refractivity contribution in [2.75, 3.05) is 169 Å². The number of carboxylic acid groups (broad SMARTS) is 1. The zero-order valence-corrected chi connectivity index (χ0v) is 83.6. The third-order valence-corrected chi connectivity index (χ3v) is 21.7. The number of benzene rings is 6. The number of alkyl carbamates (subject to hydrolysis) is 2. The average Bonchev–Trinajstić information content (AvgIpc) is 1.62. The van der Waals surface area contributed by atoms with E-state index in [2.05, 4.69) is 74.7 Å². The Bertz CT molecular complexity index is 5390. The number of nitrogens with one attached hydrogen (secondary N) is 5. The van der Waals surface area contributed by atoms with Crippen molar-refractivity contribution in [2.45, 2.75) is 178 Å². The number of rotatable bonds is 57. The summed E-state index contributed by atoms with van der Waals surface area (Å²) in [6.45, 7) is 35.1. The summed E-state index contributed by atoms with van der Waals surface area (Å²) in [5, 5.41) is 69.9. The van der Waals surface area contributed by atoms with E-state index in [9.17, 15) is 48.6 Å². The van der Waals surface area contributed by atoms with Crippen molar-refractivity contribution >= 4 is 81.6 Å². The van der Waals surface area contributed by atoms with Crippen LogP contribution in [0.4, 0.5) is 43.7 Å². The molecule has 2 aliphatic carbocycles. The molecule has 2 heterocycles. The van der Waals surface area contributed by atoms with Gasteiger partial charge in [0.15, 0.2) is 11.6 Å². The van der Waals surface area contributed by atoms with Crippen LogP contribution >= 0.6 is 0 Å². The number of phenols is 2. The van der Waals surface area contributed by atoms with Gasteiger partial charge < -0.3 is 111 Å². The number of aromatic hydroxyl groups is 2. The molecule has 0 saturated heterocycles. The minimum atomic E-state index is -1.02. The predicted octanol–water partition coefficient (Wildman–Crippen LogP) is 15.7. The van der Waals surface area contributed by atoms with Crippen LogP contribution in [-0.4, -0.2) is 252 Å². The third-order valence-electron chi connectivity index (χ3n) is 21.7. The number of aryl methyl sites for hydroxylation is 2. The quantitative estimate of drug-likeness (QED) is 0.0125. The molecule has 14 N–H and O–H groups in total. The molecule has 6 aromatic carbocycles. The summed E-state index contributed by atoms with van der Waals surface area (Å²) >= 11 is 0. The van der Waals surface area contributed by atoms with E-state index in [4.69, 9.17) is 84.6 Å². The Kier molecular flexibility index (Phi) is 47.3. The molecule has 10 rings (SSSR count). The first kappa shape index (κ1) is 114. The number of primary amides is 2. The zero-order valence-electron chi connectivity index (χ0n) is 83.6. The van der Waals surface area contributed by atoms with Crippen LogP contribution in [0, 0.1) is 24.7 Å². The molecular weight excluding hydrogens is 1810 g/mol. The number of amides is 5. The summed E-state index contributed by atoms with van der Waals surface area (Å²) < 4.78 is 64.1. The van der Waals surface area contributed by atoms with Gasteiger partial charge in [0.2, 0.25) is 0 Å². The number of carbonyl (C=O) groups excluding carboxylic acids is 7. The number of anilines is 2. The molecule has 0 spiro atoms. The number of azo groups is 2. The maximum Gasteiger partial charge on any atom is 0.407 e. The van der Waals surface area contributed by atoms with E-state index in [1.54, 1.807) is 108 Å². The summed E-state index contributed by atoms with van der Waals surface area (Å²) in [5.41, 5.74) is 27.5. The van der Waals surface area contributed by atoms with E-state index in [0.717, 1.165) is 90.1 Å². The van der Waals surface area contributed by atoms with Gasteiger partial charge in [-0.05, 0) is 251 Å². The van der Waals surface area contributed by atoms with Crippen LogP contribution in [0.25, 0.3) is 11.4 Å². The lowest BCUT2D eigenvalue weighted by atomic mass is 9.75. The minimum absolute atomic E-state index is 0.0300. The molecule has 141 heavy (non-hydrogen) atoms. The van der Waals surface area contributed by atoms with Gasteiger partial charge in [0.05, 0.1) is 166 Å². The van der Waals surface area contributed by atoms with Crippen LogP contribution in [0.1, 0.15) is 223 Å². The van der Waals surface area contributed by atoms with Crippen LogP contribution in [0.15, 0.2) is 142 Å². The first-order valence-corrected chi connectivity index (χ1v) is 48.0. The third kappa shape index (κ3) is 41.3. The molecule has 38 nitrogen and oxygen atoms in total. The molecule has 0 fully saturated rings. The summed E-state index contributed by atoms with van der Waals surface area (Å²) in [5.74, 6) is -2.08. The van der Waals surface area contributed by atoms with Crippen molar-refractivity contribution in [3.63, 3.8) is 0 Å². The first-order valence-electron chi connectivity index (χ1n) is 48.0. The molecule has 0 aliphatic heterocycles. The monoisotopic (exact) mass is 1960 g/mol. The largest absolute Gasteiger partial charge is 0.506 e. The van der Waals surface area contributed by atoms with Gasteiger partial charge >= 0.3 is 18.2 Å². The number of carbonyl (C=O) groups is 8. The van der Waals surface area contributed by atoms with E-state index in [-0.39, 0.29) is 56.7 Å². The van der Waals surface area contributed by atoms with Crippen molar-refractivity contribution < 1.29 is 106 Å². The van der Waals surface area contributed by atoms with Gasteiger partial charge in [0.1, 0.15) is 34.1 Å². The smallest absolute Gasteiger partial charge is 0.407 e. The van der Waals surface area contributed by atoms with Gasteiger partial charge in [0.25, 0.3) is 17.7 Å². The fourth-order valence-electron chi connectivity index (χ4n) is 14.9. The lowest BCUT2D eigenvalue weighted by molar-refractivity contribution is -0.0111. The number of hydrogen-bond donors (Lipinski definition) is 11. The molecule has 5 amide bonds. The molecular formula is C103H144N16O22. The van der Waals surface area contributed by atoms with Gasteiger partial charge in [0, 0.05) is 88.9 Å². The molecule has 38 heteroatoms. The standard InChI is InChI=1S/C51H70N8O11.C32H51N5O6.C20H23N3O5/c1-35-46-43(33-51(5,6)34-45(46)61)59(58-35)39-14-15-40(47(52)62)41(32-39)53-18-7-21-65-23-25-67-27-29-69-30-28-68-26-24-66-22-8-19-54-48(63)37-10-12-38(13-11-37)56-57-42-31-36(9-16-44(42)60)17-20-55-49(64)70-50(2,3)4;1-24-30-28(22-32(2,3)23-29(30)38)37(36-24)25-9-10-26(31(34)39)27(21-25)35-12-6-4-5-7-13-40-15-17-42-19-20-43-18-16-41-14-8-11-33;1-20(2,3)28-19(27)21-11-10-13-4-9-17(24)16(12-13)23-22-15-7-5-14(6-8-15)18(25)26/h9-16,31-32,53,60H,7-8,17-30,33-34H2,1-6H3,(H2,52,62)(H,54,63)(H,55,64);9-10,21,35H,4-8,11-20,22-23,33H2,1-3H3,(H2,34,39);4-9,12,24H,10-11H2,1-3H3,(H,21,27)(H,25,26). The molecule has 0 atom stereocenters. The highest BCUT2D eigenvalue weighted by atomic mass is 16.6. The minimum Gasteiger partial charge on any atom is -0.506 e. The molecule has 0 radical (unpaired) electrons. The Morgan fingerprint density at radius 2 is 0.766 bits per heavy atom. The summed E-state index contributed by atoms with van der Waals surface area (Å²) in [6, 6.07) is 33.2. The number of Topliss-reactive ketones (excluding diaryl/α,β-unsaturated/α-hetero) is 2. The Hall–Kier alpha value is -12.5. The second-order valence-electron chi connectivity index (χ2n) is 37.4. The van der Waals surface area contributed by atoms with Crippen LogP contribution in [0.2, 0.25) is 0 Å². The molecule has 0 unspecified atom stereocenters. The van der Waals surface area contributed by atoms with E-state index in [1.807, 2.05) is 41.4 Å². The summed E-state index contributed by atoms with van der Waals surface area (Å²) in [6.07, 6.45) is 8.74. The zero-order chi connectivity index (χ0) is 102. The number of nitrogens with two attached hydrogens (primary N) is 3. The maximum atomic E-state index is 12.9. The van der Waals surface area contributed by atoms with E-state index >= 15 is 0 Å². The highest BCUT2D eigenvalue weighted by molar-refractivity contribution is 6.02. The first-order chi connectivity index (χ1) is 67.4. The second-order valence-corrected chi connectivity index (χ2v) is 37.4. The van der Waals surface area contributed by atoms with Gasteiger partial charge in [-0.1, -0.05) is 52.7 Å². The normalized spacial score (nSPS) is 13.2. The van der Waals surface area contributed by atoms with Crippen LogP contribution in [0.5, 0.6) is 11.5 Å². The fraction of sp³-hybridized carbons (Fsp3) is 0.515. The Morgan fingerprint density at radius 3 is 1.14 bits per heavy atom. The number of fused-ring (bicyclic) bond motifs is 2. The Balaban J connectivity index is 0.000000289. The van der Waals surface area contributed by atoms with Gasteiger partial charge in [-0.25, -0.2) is 23.7 Å². The summed E-state index contributed by atoms with van der Waals surface area (Å²) in [7, 11) is 0. The lowest BCUT2D eigenvalue weighted by Crippen LogP contribution is -2.33. The van der Waals surface area contributed by atoms with Crippen LogP contribution in [-0.2, 0) is 77.8 Å². The number of phenolic OH excluding ortho intramolecular Hbond substituents is 2. The number of carboxylic acids is 1. The van der Waals surface area contributed by atoms with Crippen molar-refractivity contribution in [3.8, 4) is 22.9 Å². The highest BCUT2D eigenvalue weighted by Crippen LogP contribution is 2.40. The molecule has 0 saturated carbocycles. The molecule has 0 bridgehead atoms. The number of ketones is 2. The second kappa shape index (κ2) is 58.7. The molecule has 2 aromatic heterocycles. The fourth-order valence-corrected chi connectivity index (χ4v) is 14.9. The Labute approximate surface area is 825 Å². The van der Waals surface area contributed by atoms with Crippen LogP contribution < -0.4 is 43.8 Å². The maximum absolute atomic E-state index is 12.9. The lowest BCUT2D eigenvalue weighted by Gasteiger charge is -2.29. The molecule has 8 aromatic rings. The SMILES string of the molecule is CC(C)(C)OC(=O)NCCc1ccc(O)c(N=Nc2ccc(C(=O)O)cc2)c1.Cc1nn(-c2ccc(C(N)=O)c(NCCCCCCOCCOCCOCCOCCCN)c2)c2c1C(=O)CC(C)(C)C2.Cc1nn(-c2ccc(C(N)=O)c(NCCCOCCOCCOCCOCCOCCCNC(=O)c3ccc(N=Nc4cc(CCNC(=O)OC(C)(C)C)ccc4O)cc3)c2)c2c1C(=O)CC(C)(C)C2. The number of aromatic carboxylic acids is 1. The predicted molar refractivity (Wildman–Crippen MR) is 535 cm³/mol. The van der Waals surface area contributed by atoms with Gasteiger partial charge in [-0.2, -0.15) is 20.4 Å². The van der Waals surface area contributed by atoms with Crippen molar-refractivity contribution in [1.82, 2.24) is 35.5 Å².